The second kappa shape index (κ2) is 20.9. The highest BCUT2D eigenvalue weighted by molar-refractivity contribution is 7.52. The Hall–Kier alpha value is -7.04. The normalized spacial score (nSPS) is 20.4. The topological polar surface area (TPSA) is 232 Å². The molecule has 2 unspecified atom stereocenters. The summed E-state index contributed by atoms with van der Waals surface area (Å²) in [5.41, 5.74) is -4.47. The van der Waals surface area contributed by atoms with Crippen LogP contribution in [0.2, 0.25) is 0 Å². The van der Waals surface area contributed by atoms with Gasteiger partial charge in [-0.2, -0.15) is 8.78 Å². The molecule has 0 radical (unpaired) electrons. The Kier molecular flexibility index (Phi) is 14.7. The molecule has 75 heavy (non-hydrogen) atoms. The third-order valence-electron chi connectivity index (χ3n) is 14.1. The first kappa shape index (κ1) is 52.8. The summed E-state index contributed by atoms with van der Waals surface area (Å²) in [6.07, 6.45) is 1.54. The maximum Gasteiger partial charge on any atom is 0.399 e. The predicted molar refractivity (Wildman–Crippen MR) is 273 cm³/mol. The summed E-state index contributed by atoms with van der Waals surface area (Å²) in [6, 6.07) is 19.1. The van der Waals surface area contributed by atoms with E-state index in [1.54, 1.807) is 39.0 Å². The SMILES string of the molecule is CC(C)(C)C(NC(=O)c1cc2cc(C(F)(F)P(=O)(O)O)ccc2s1)C(=O)N1CCC[C@H]1C(=O)N1C[C@@H](Oc2ccc3ccccc3c2)C[C@H]1C(=O)NCCCC#Cc1cccc2c1CN(C1CCC(=O)NC1=O)C2=O. The van der Waals surface area contributed by atoms with Crippen molar-refractivity contribution < 1.29 is 61.4 Å². The number of thiophene rings is 1. The minimum absolute atomic E-state index is 0.0474. The van der Waals surface area contributed by atoms with Crippen LogP contribution < -0.4 is 20.7 Å². The Morgan fingerprint density at radius 3 is 2.44 bits per heavy atom. The third-order valence-corrected chi connectivity index (χ3v) is 16.2. The lowest BCUT2D eigenvalue weighted by atomic mass is 9.85. The predicted octanol–water partition coefficient (Wildman–Crippen LogP) is 6.17. The molecule has 5 N–H and O–H groups in total. The van der Waals surface area contributed by atoms with Crippen LogP contribution in [-0.4, -0.2) is 116 Å². The lowest BCUT2D eigenvalue weighted by molar-refractivity contribution is -0.148. The van der Waals surface area contributed by atoms with E-state index in [4.69, 9.17) is 4.74 Å². The molecule has 4 aromatic carbocycles. The summed E-state index contributed by atoms with van der Waals surface area (Å²) in [6.45, 7) is 5.90. The molecule has 4 aliphatic heterocycles. The molecule has 3 saturated heterocycles. The van der Waals surface area contributed by atoms with Crippen molar-refractivity contribution in [2.45, 2.75) is 108 Å². The van der Waals surface area contributed by atoms with Crippen molar-refractivity contribution in [1.82, 2.24) is 30.7 Å². The zero-order valence-corrected chi connectivity index (χ0v) is 43.0. The number of hydrogen-bond donors (Lipinski definition) is 5. The van der Waals surface area contributed by atoms with Gasteiger partial charge in [-0.15, -0.1) is 11.3 Å². The zero-order valence-electron chi connectivity index (χ0n) is 41.3. The lowest BCUT2D eigenvalue weighted by Crippen LogP contribution is -2.59. The molecule has 5 heterocycles. The zero-order chi connectivity index (χ0) is 53.6. The molecule has 4 aliphatic rings. The van der Waals surface area contributed by atoms with E-state index in [9.17, 15) is 56.7 Å². The van der Waals surface area contributed by atoms with Crippen LogP contribution in [0.15, 0.2) is 84.9 Å². The van der Waals surface area contributed by atoms with Crippen molar-refractivity contribution in [3.63, 3.8) is 0 Å². The highest BCUT2D eigenvalue weighted by Gasteiger charge is 2.51. The van der Waals surface area contributed by atoms with Crippen LogP contribution in [0.5, 0.6) is 5.75 Å². The molecule has 3 fully saturated rings. The van der Waals surface area contributed by atoms with Gasteiger partial charge in [-0.3, -0.25) is 43.4 Å². The van der Waals surface area contributed by atoms with E-state index >= 15 is 0 Å². The van der Waals surface area contributed by atoms with Crippen molar-refractivity contribution >= 4 is 81.1 Å². The smallest absolute Gasteiger partial charge is 0.399 e. The van der Waals surface area contributed by atoms with Crippen LogP contribution in [0, 0.1) is 17.3 Å². The number of amides is 7. The molecule has 7 amide bonds. The van der Waals surface area contributed by atoms with Crippen LogP contribution in [0.3, 0.4) is 0 Å². The molecule has 21 heteroatoms. The van der Waals surface area contributed by atoms with Gasteiger partial charge >= 0.3 is 13.3 Å². The Morgan fingerprint density at radius 2 is 1.69 bits per heavy atom. The first-order valence-corrected chi connectivity index (χ1v) is 27.1. The van der Waals surface area contributed by atoms with E-state index in [-0.39, 0.29) is 67.5 Å². The largest absolute Gasteiger partial charge is 0.488 e. The van der Waals surface area contributed by atoms with Crippen molar-refractivity contribution in [3.8, 4) is 17.6 Å². The Bertz CT molecular complexity index is 3270. The number of nitrogens with one attached hydrogen (secondary N) is 3. The van der Waals surface area contributed by atoms with Gasteiger partial charge in [-0.25, -0.2) is 0 Å². The van der Waals surface area contributed by atoms with Gasteiger partial charge in [0.15, 0.2) is 0 Å². The summed E-state index contributed by atoms with van der Waals surface area (Å²) in [4.78, 5) is 118. The fourth-order valence-corrected chi connectivity index (χ4v) is 11.6. The van der Waals surface area contributed by atoms with E-state index in [0.717, 1.165) is 34.2 Å². The van der Waals surface area contributed by atoms with E-state index in [2.05, 4.69) is 27.8 Å². The molecular weight excluding hydrogens is 1010 g/mol. The number of fused-ring (bicyclic) bond motifs is 3. The van der Waals surface area contributed by atoms with E-state index in [1.165, 1.54) is 26.8 Å². The lowest BCUT2D eigenvalue weighted by Gasteiger charge is -2.36. The molecule has 0 spiro atoms. The maximum atomic E-state index is 14.8. The number of alkyl halides is 2. The van der Waals surface area contributed by atoms with Crippen molar-refractivity contribution in [1.29, 1.82) is 0 Å². The highest BCUT2D eigenvalue weighted by atomic mass is 32.1. The Morgan fingerprint density at radius 1 is 0.920 bits per heavy atom. The van der Waals surface area contributed by atoms with Crippen molar-refractivity contribution in [2.75, 3.05) is 19.6 Å². The van der Waals surface area contributed by atoms with Crippen molar-refractivity contribution in [2.24, 2.45) is 5.41 Å². The molecule has 9 rings (SSSR count). The van der Waals surface area contributed by atoms with Gasteiger partial charge in [-0.05, 0) is 95.3 Å². The maximum absolute atomic E-state index is 14.8. The average Bonchev–Trinajstić information content (AvgIpc) is 4.19. The van der Waals surface area contributed by atoms with Crippen LogP contribution in [0.25, 0.3) is 20.9 Å². The van der Waals surface area contributed by atoms with Crippen LogP contribution in [0.1, 0.15) is 102 Å². The number of hydrogen-bond acceptors (Lipinski definition) is 10. The first-order chi connectivity index (χ1) is 35.6. The minimum Gasteiger partial charge on any atom is -0.488 e. The Labute approximate surface area is 434 Å². The number of carbonyl (C=O) groups is 7. The van der Waals surface area contributed by atoms with Gasteiger partial charge in [0.05, 0.1) is 11.4 Å². The molecule has 5 aromatic rings. The summed E-state index contributed by atoms with van der Waals surface area (Å²) in [5, 5.41) is 10.2. The van der Waals surface area contributed by atoms with Gasteiger partial charge in [0.25, 0.3) is 11.8 Å². The number of halogens is 2. The fourth-order valence-electron chi connectivity index (χ4n) is 10.2. The average molecular weight is 1070 g/mol. The second-order valence-electron chi connectivity index (χ2n) is 20.3. The first-order valence-electron chi connectivity index (χ1n) is 24.7. The van der Waals surface area contributed by atoms with E-state index in [0.29, 0.717) is 52.8 Å². The number of imide groups is 1. The number of benzene rings is 4. The molecular formula is C54H55F2N6O11PS. The van der Waals surface area contributed by atoms with Gasteiger partial charge in [-0.1, -0.05) is 75.1 Å². The molecule has 0 bridgehead atoms. The monoisotopic (exact) mass is 1060 g/mol. The van der Waals surface area contributed by atoms with Gasteiger partial charge in [0, 0.05) is 60.3 Å². The summed E-state index contributed by atoms with van der Waals surface area (Å²) < 4.78 is 47.5. The minimum atomic E-state index is -5.85. The van der Waals surface area contributed by atoms with Gasteiger partial charge in [0.2, 0.25) is 29.5 Å². The number of carbonyl (C=O) groups excluding carboxylic acids is 7. The number of nitrogens with zero attached hydrogens (tertiary/aromatic N) is 3. The van der Waals surface area contributed by atoms with Crippen LogP contribution in [-0.2, 0) is 40.7 Å². The third kappa shape index (κ3) is 10.9. The van der Waals surface area contributed by atoms with Crippen molar-refractivity contribution in [3.05, 3.63) is 112 Å². The molecule has 0 saturated carbocycles. The Balaban J connectivity index is 0.877. The van der Waals surface area contributed by atoms with Gasteiger partial charge < -0.3 is 39.9 Å². The van der Waals surface area contributed by atoms with Gasteiger partial charge in [0.1, 0.15) is 36.0 Å². The molecule has 1 aromatic heterocycles. The number of unbranched alkanes of at least 4 members (excludes halogenated alkanes) is 1. The van der Waals surface area contributed by atoms with E-state index < -0.39 is 84.0 Å². The van der Waals surface area contributed by atoms with E-state index in [1.807, 2.05) is 42.5 Å². The molecule has 392 valence electrons. The number of piperidine rings is 1. The number of likely N-dealkylation sites (tertiary alicyclic amines) is 2. The number of rotatable bonds is 13. The standard InChI is InChI=1S/C54H55F2N6O11PS/c1-53(2,3)46(59-49(66)44-27-34-25-35(18-21-43(34)75-44)54(55,56)74(70,71)72)52(69)60-24-10-16-41(60)51(68)61-29-37(73-36-19-17-31-11-6-7-13-33(31)26-36)28-42(61)47(64)57-23-8-4-5-12-32-14-9-15-38-39(32)30-62(50(38)67)40-20-22-45(63)58-48(40)65/h6-7,9,11,13-15,17-19,21,25-27,37,40-42,46H,4,8,10,16,20,22-24,28-30H2,1-3H3,(H,57,64)(H,59,66)(H,58,63,65)(H2,70,71,72)/t37-,40?,41-,42-,46?/m0/s1. The summed E-state index contributed by atoms with van der Waals surface area (Å²) in [7, 11) is -5.85. The second-order valence-corrected chi connectivity index (χ2v) is 23.1. The number of ether oxygens (including phenoxy) is 1. The summed E-state index contributed by atoms with van der Waals surface area (Å²) >= 11 is 0.949. The molecule has 5 atom stereocenters. The van der Waals surface area contributed by atoms with Crippen LogP contribution in [0.4, 0.5) is 8.78 Å². The highest BCUT2D eigenvalue weighted by Crippen LogP contribution is 2.59. The van der Waals surface area contributed by atoms with Crippen LogP contribution >= 0.6 is 18.9 Å². The summed E-state index contributed by atoms with van der Waals surface area (Å²) in [5.74, 6) is 3.59. The fraction of sp³-hybridized carbons (Fsp3) is 0.389. The quantitative estimate of drug-likeness (QED) is 0.0387. The molecule has 0 aliphatic carbocycles. The molecule has 17 nitrogen and oxygen atoms in total.